The van der Waals surface area contributed by atoms with Crippen LogP contribution >= 0.6 is 0 Å². The van der Waals surface area contributed by atoms with E-state index in [1.54, 1.807) is 31.2 Å². The number of nitrogens with zero attached hydrogens (tertiary/aromatic N) is 2. The fourth-order valence-electron chi connectivity index (χ4n) is 3.06. The Morgan fingerprint density at radius 1 is 1.06 bits per heavy atom. The van der Waals surface area contributed by atoms with E-state index in [9.17, 15) is 17.1 Å². The summed E-state index contributed by atoms with van der Waals surface area (Å²) < 4.78 is 41.2. The van der Waals surface area contributed by atoms with E-state index in [0.717, 1.165) is 12.1 Å². The predicted molar refractivity (Wildman–Crippen MR) is 123 cm³/mol. The molecular weight excluding hydrogens is 451 g/mol. The molecule has 0 saturated heterocycles. The van der Waals surface area contributed by atoms with Gasteiger partial charge < -0.3 is 27.3 Å². The number of hydrogen-bond donors (Lipinski definition) is 4. The summed E-state index contributed by atoms with van der Waals surface area (Å²) in [6, 6.07) is 10.1. The van der Waals surface area contributed by atoms with Gasteiger partial charge in [0, 0.05) is 16.8 Å². The number of amides is 1. The number of nitrogens with one attached hydrogen (secondary N) is 1. The summed E-state index contributed by atoms with van der Waals surface area (Å²) in [7, 11) is -4.91. The first-order valence-corrected chi connectivity index (χ1v) is 11.2. The van der Waals surface area contributed by atoms with Gasteiger partial charge in [0.2, 0.25) is 5.95 Å². The van der Waals surface area contributed by atoms with Gasteiger partial charge in [-0.25, -0.2) is 0 Å². The average Bonchev–Trinajstić information content (AvgIpc) is 2.73. The first kappa shape index (κ1) is 23.7. The first-order valence-electron chi connectivity index (χ1n) is 9.81. The number of carbonyl (C=O) groups excluding carboxylic acids is 1. The maximum atomic E-state index is 13.2. The molecule has 0 spiro atoms. The summed E-state index contributed by atoms with van der Waals surface area (Å²) >= 11 is 0. The van der Waals surface area contributed by atoms with Crippen molar-refractivity contribution < 1.29 is 21.8 Å². The molecule has 2 aromatic carbocycles. The van der Waals surface area contributed by atoms with E-state index in [1.165, 1.54) is 6.07 Å². The highest BCUT2D eigenvalue weighted by atomic mass is 32.3. The minimum absolute atomic E-state index is 0.0208. The Labute approximate surface area is 190 Å². The lowest BCUT2D eigenvalue weighted by molar-refractivity contribution is 0.102. The standard InChI is InChI=1S/C21H23FN6O4S/c1-12-4-9-15(33(22,30)31)11-17(12)20(29)26-13-5-7-14(8-6-13)32-10-2-3-16-18(23)27-21(25)28-19(16)24/h4-9,11H,2-3,10H2,1H3,(H,26,29)(H6,23,24,25,27,28). The summed E-state index contributed by atoms with van der Waals surface area (Å²) in [6.45, 7) is 2.00. The molecule has 0 saturated carbocycles. The minimum Gasteiger partial charge on any atom is -0.494 e. The number of anilines is 4. The van der Waals surface area contributed by atoms with Crippen LogP contribution in [0.15, 0.2) is 47.4 Å². The van der Waals surface area contributed by atoms with Crippen LogP contribution in [0.25, 0.3) is 0 Å². The molecule has 1 heterocycles. The Morgan fingerprint density at radius 2 is 1.70 bits per heavy atom. The lowest BCUT2D eigenvalue weighted by Gasteiger charge is -2.11. The van der Waals surface area contributed by atoms with Crippen LogP contribution in [0.3, 0.4) is 0 Å². The van der Waals surface area contributed by atoms with Crippen LogP contribution in [0, 0.1) is 6.92 Å². The molecule has 0 atom stereocenters. The van der Waals surface area contributed by atoms with Crippen LogP contribution in [-0.2, 0) is 16.6 Å². The van der Waals surface area contributed by atoms with E-state index in [1.807, 2.05) is 0 Å². The highest BCUT2D eigenvalue weighted by Gasteiger charge is 2.17. The third-order valence-electron chi connectivity index (χ3n) is 4.78. The molecule has 0 aliphatic rings. The van der Waals surface area contributed by atoms with Crippen molar-refractivity contribution in [2.75, 3.05) is 29.1 Å². The van der Waals surface area contributed by atoms with Crippen molar-refractivity contribution in [3.8, 4) is 5.75 Å². The molecule has 33 heavy (non-hydrogen) atoms. The molecule has 0 unspecified atom stereocenters. The van der Waals surface area contributed by atoms with Crippen LogP contribution in [0.1, 0.15) is 27.9 Å². The van der Waals surface area contributed by atoms with Crippen molar-refractivity contribution in [3.63, 3.8) is 0 Å². The molecule has 0 bridgehead atoms. The largest absolute Gasteiger partial charge is 0.494 e. The Morgan fingerprint density at radius 3 is 2.30 bits per heavy atom. The molecule has 0 fully saturated rings. The summed E-state index contributed by atoms with van der Waals surface area (Å²) in [5, 5.41) is 2.65. The van der Waals surface area contributed by atoms with Gasteiger partial charge in [-0.1, -0.05) is 6.07 Å². The van der Waals surface area contributed by atoms with Gasteiger partial charge in [0.25, 0.3) is 5.91 Å². The second kappa shape index (κ2) is 9.69. The van der Waals surface area contributed by atoms with Gasteiger partial charge in [-0.15, -0.1) is 3.89 Å². The summed E-state index contributed by atoms with van der Waals surface area (Å²) in [4.78, 5) is 19.7. The zero-order chi connectivity index (χ0) is 24.2. The number of benzene rings is 2. The van der Waals surface area contributed by atoms with Crippen molar-refractivity contribution in [1.82, 2.24) is 9.97 Å². The molecule has 0 aliphatic heterocycles. The second-order valence-corrected chi connectivity index (χ2v) is 8.52. The highest BCUT2D eigenvalue weighted by molar-refractivity contribution is 7.86. The van der Waals surface area contributed by atoms with E-state index in [0.29, 0.717) is 42.0 Å². The van der Waals surface area contributed by atoms with E-state index >= 15 is 0 Å². The smallest absolute Gasteiger partial charge is 0.332 e. The Balaban J connectivity index is 1.56. The average molecular weight is 475 g/mol. The molecule has 174 valence electrons. The third-order valence-corrected chi connectivity index (χ3v) is 5.59. The molecule has 1 aromatic heterocycles. The molecule has 10 nitrogen and oxygen atoms in total. The third kappa shape index (κ3) is 6.07. The quantitative estimate of drug-likeness (QED) is 0.282. The second-order valence-electron chi connectivity index (χ2n) is 7.18. The Kier molecular flexibility index (Phi) is 6.97. The number of ether oxygens (including phenoxy) is 1. The van der Waals surface area contributed by atoms with E-state index in [4.69, 9.17) is 21.9 Å². The van der Waals surface area contributed by atoms with Crippen LogP contribution < -0.4 is 27.3 Å². The highest BCUT2D eigenvalue weighted by Crippen LogP contribution is 2.22. The van der Waals surface area contributed by atoms with E-state index in [2.05, 4.69) is 15.3 Å². The lowest BCUT2D eigenvalue weighted by atomic mass is 10.1. The zero-order valence-electron chi connectivity index (χ0n) is 17.7. The van der Waals surface area contributed by atoms with E-state index in [-0.39, 0.29) is 23.1 Å². The number of nitrogen functional groups attached to an aromatic ring is 3. The molecule has 12 heteroatoms. The molecule has 7 N–H and O–H groups in total. The van der Waals surface area contributed by atoms with Crippen molar-refractivity contribution in [3.05, 3.63) is 59.2 Å². The van der Waals surface area contributed by atoms with Gasteiger partial charge in [-0.05, 0) is 61.7 Å². The van der Waals surface area contributed by atoms with Crippen molar-refractivity contribution in [2.24, 2.45) is 0 Å². The lowest BCUT2D eigenvalue weighted by Crippen LogP contribution is -2.14. The first-order chi connectivity index (χ1) is 15.5. The van der Waals surface area contributed by atoms with E-state index < -0.39 is 21.0 Å². The van der Waals surface area contributed by atoms with Crippen LogP contribution in [0.5, 0.6) is 5.75 Å². The Bertz CT molecular complexity index is 1260. The van der Waals surface area contributed by atoms with Crippen molar-refractivity contribution in [1.29, 1.82) is 0 Å². The van der Waals surface area contributed by atoms with Gasteiger partial charge >= 0.3 is 10.2 Å². The van der Waals surface area contributed by atoms with Gasteiger partial charge in [0.15, 0.2) is 0 Å². The van der Waals surface area contributed by atoms with Crippen molar-refractivity contribution >= 4 is 39.4 Å². The molecule has 3 aromatic rings. The number of hydrogen-bond acceptors (Lipinski definition) is 9. The van der Waals surface area contributed by atoms with Gasteiger partial charge in [-0.3, -0.25) is 4.79 Å². The number of nitrogens with two attached hydrogens (primary N) is 3. The van der Waals surface area contributed by atoms with Crippen LogP contribution in [-0.4, -0.2) is 30.9 Å². The molecule has 3 rings (SSSR count). The van der Waals surface area contributed by atoms with Gasteiger partial charge in [0.1, 0.15) is 17.4 Å². The number of carbonyl (C=O) groups is 1. The van der Waals surface area contributed by atoms with Gasteiger partial charge in [0.05, 0.1) is 11.5 Å². The minimum atomic E-state index is -4.91. The fourth-order valence-corrected chi connectivity index (χ4v) is 3.55. The molecule has 1 amide bonds. The Hall–Kier alpha value is -3.93. The predicted octanol–water partition coefficient (Wildman–Crippen LogP) is 2.45. The summed E-state index contributed by atoms with van der Waals surface area (Å²) in [6.07, 6.45) is 1.12. The normalized spacial score (nSPS) is 11.2. The fraction of sp³-hybridized carbons (Fsp3) is 0.190. The SMILES string of the molecule is Cc1ccc(S(=O)(=O)F)cc1C(=O)Nc1ccc(OCCCc2c(N)nc(N)nc2N)cc1. The van der Waals surface area contributed by atoms with Gasteiger partial charge in [-0.2, -0.15) is 18.4 Å². The zero-order valence-corrected chi connectivity index (χ0v) is 18.5. The van der Waals surface area contributed by atoms with Crippen LogP contribution in [0.4, 0.5) is 27.2 Å². The summed E-state index contributed by atoms with van der Waals surface area (Å²) in [5.74, 6) is 0.513. The number of rotatable bonds is 8. The van der Waals surface area contributed by atoms with Crippen LogP contribution in [0.2, 0.25) is 0 Å². The number of aromatic nitrogens is 2. The molecule has 0 radical (unpaired) electrons. The number of aryl methyl sites for hydroxylation is 1. The number of halogens is 1. The monoisotopic (exact) mass is 474 g/mol. The topological polar surface area (TPSA) is 176 Å². The molecular formula is C21H23FN6O4S. The molecule has 0 aliphatic carbocycles. The summed E-state index contributed by atoms with van der Waals surface area (Å²) in [5.41, 5.74) is 18.8. The maximum absolute atomic E-state index is 13.2. The maximum Gasteiger partial charge on any atom is 0.332 e. The van der Waals surface area contributed by atoms with Crippen molar-refractivity contribution in [2.45, 2.75) is 24.7 Å².